The van der Waals surface area contributed by atoms with E-state index in [1.165, 1.54) is 12.1 Å². The third-order valence-corrected chi connectivity index (χ3v) is 4.97. The number of anilines is 1. The molecule has 0 aliphatic carbocycles. The molecule has 0 aliphatic rings. The maximum atomic E-state index is 12.3. The summed E-state index contributed by atoms with van der Waals surface area (Å²) in [7, 11) is 0. The molecule has 168 valence electrons. The number of nitrogens with zero attached hydrogens (tertiary/aromatic N) is 4. The van der Waals surface area contributed by atoms with Crippen LogP contribution in [0.1, 0.15) is 39.4 Å². The zero-order valence-electron chi connectivity index (χ0n) is 17.3. The van der Waals surface area contributed by atoms with E-state index in [9.17, 15) is 24.6 Å². The van der Waals surface area contributed by atoms with Crippen LogP contribution in [0.3, 0.4) is 0 Å². The highest BCUT2D eigenvalue weighted by molar-refractivity contribution is 6.07. The lowest BCUT2D eigenvalue weighted by atomic mass is 9.94. The van der Waals surface area contributed by atoms with Gasteiger partial charge in [0.05, 0.1) is 0 Å². The molecule has 0 unspecified atom stereocenters. The van der Waals surface area contributed by atoms with Crippen molar-refractivity contribution in [2.45, 2.75) is 19.9 Å². The monoisotopic (exact) mass is 450 g/mol. The molecule has 1 aromatic carbocycles. The molecule has 0 radical (unpaired) electrons. The molecular weight excluding hydrogens is 432 g/mol. The molecule has 0 atom stereocenters. The van der Waals surface area contributed by atoms with E-state index < -0.39 is 34.4 Å². The third-order valence-electron chi connectivity index (χ3n) is 4.97. The first-order chi connectivity index (χ1) is 15.8. The topological polar surface area (TPSA) is 190 Å². The van der Waals surface area contributed by atoms with E-state index in [1.54, 1.807) is 24.5 Å². The number of nitrogens with one attached hydrogen (secondary N) is 1. The maximum Gasteiger partial charge on any atom is 0.342 e. The molecule has 4 aromatic rings. The Kier molecular flexibility index (Phi) is 5.48. The second kappa shape index (κ2) is 8.42. The molecule has 33 heavy (non-hydrogen) atoms. The molecule has 0 bridgehead atoms. The van der Waals surface area contributed by atoms with E-state index >= 15 is 0 Å². The minimum absolute atomic E-state index is 0.148. The number of nitrogens with two attached hydrogens (primary N) is 1. The van der Waals surface area contributed by atoms with E-state index in [1.807, 2.05) is 11.5 Å². The average Bonchev–Trinajstić information content (AvgIpc) is 3.42. The smallest absolute Gasteiger partial charge is 0.342 e. The number of carboxylic acids is 2. The van der Waals surface area contributed by atoms with Crippen molar-refractivity contribution in [3.05, 3.63) is 69.9 Å². The van der Waals surface area contributed by atoms with Crippen molar-refractivity contribution in [1.29, 1.82) is 0 Å². The number of rotatable bonds is 7. The molecule has 0 fully saturated rings. The molecule has 0 spiro atoms. The van der Waals surface area contributed by atoms with Crippen molar-refractivity contribution < 1.29 is 24.3 Å². The maximum absolute atomic E-state index is 12.3. The van der Waals surface area contributed by atoms with Gasteiger partial charge >= 0.3 is 11.9 Å². The highest BCUT2D eigenvalue weighted by atomic mass is 16.5. The number of carboxylic acid groups (broad SMARTS) is 2. The number of pyridine rings is 1. The zero-order valence-corrected chi connectivity index (χ0v) is 17.3. The van der Waals surface area contributed by atoms with Gasteiger partial charge in [-0.2, -0.15) is 4.98 Å². The van der Waals surface area contributed by atoms with Crippen molar-refractivity contribution in [2.75, 3.05) is 5.73 Å². The van der Waals surface area contributed by atoms with Gasteiger partial charge in [-0.3, -0.25) is 4.79 Å². The number of imidazole rings is 1. The van der Waals surface area contributed by atoms with Gasteiger partial charge in [0.2, 0.25) is 11.7 Å². The lowest BCUT2D eigenvalue weighted by Gasteiger charge is -2.12. The van der Waals surface area contributed by atoms with E-state index in [0.717, 1.165) is 12.2 Å². The first kappa shape index (κ1) is 21.5. The predicted molar refractivity (Wildman–Crippen MR) is 115 cm³/mol. The van der Waals surface area contributed by atoms with Gasteiger partial charge in [0.15, 0.2) is 0 Å². The fourth-order valence-electron chi connectivity index (χ4n) is 3.53. The number of benzene rings is 1. The molecule has 3 heterocycles. The molecule has 3 aromatic heterocycles. The van der Waals surface area contributed by atoms with Gasteiger partial charge in [-0.15, -0.1) is 0 Å². The SMILES string of the molecule is CCc1nccn1Cc1nc(-c2cccc(-c3c(C(=O)O)c(N)[nH]c(=O)c3C(=O)O)c2)no1. The third kappa shape index (κ3) is 3.96. The Balaban J connectivity index is 1.79. The van der Waals surface area contributed by atoms with Crippen LogP contribution in [0.2, 0.25) is 0 Å². The van der Waals surface area contributed by atoms with Gasteiger partial charge in [-0.05, 0) is 11.6 Å². The molecule has 0 aliphatic heterocycles. The number of aryl methyl sites for hydroxylation is 1. The van der Waals surface area contributed by atoms with Crippen LogP contribution < -0.4 is 11.3 Å². The first-order valence-corrected chi connectivity index (χ1v) is 9.75. The minimum atomic E-state index is -1.59. The van der Waals surface area contributed by atoms with Crippen LogP contribution in [0.15, 0.2) is 46.0 Å². The summed E-state index contributed by atoms with van der Waals surface area (Å²) in [5, 5.41) is 23.1. The average molecular weight is 450 g/mol. The Hall–Kier alpha value is -4.74. The first-order valence-electron chi connectivity index (χ1n) is 9.75. The standard InChI is InChI=1S/C21H18N6O6/c1-2-12-23-6-7-27(12)9-13-24-18(26-33-13)11-5-3-4-10(8-11)14-15(20(29)30)17(22)25-19(28)16(14)21(31)32/h3-8H,2,9H2,1H3,(H,29,30)(H,31,32)(H3,22,25,28). The fraction of sp³-hybridized carbons (Fsp3) is 0.143. The van der Waals surface area contributed by atoms with Crippen molar-refractivity contribution in [3.8, 4) is 22.5 Å². The highest BCUT2D eigenvalue weighted by Crippen LogP contribution is 2.31. The summed E-state index contributed by atoms with van der Waals surface area (Å²) in [5.74, 6) is -2.15. The van der Waals surface area contributed by atoms with Crippen molar-refractivity contribution in [3.63, 3.8) is 0 Å². The van der Waals surface area contributed by atoms with Crippen molar-refractivity contribution >= 4 is 17.8 Å². The fourth-order valence-corrected chi connectivity index (χ4v) is 3.53. The van der Waals surface area contributed by atoms with Crippen LogP contribution in [0.25, 0.3) is 22.5 Å². The largest absolute Gasteiger partial charge is 0.478 e. The number of aromatic nitrogens is 5. The van der Waals surface area contributed by atoms with Gasteiger partial charge in [-0.25, -0.2) is 14.6 Å². The Morgan fingerprint density at radius 1 is 1.18 bits per heavy atom. The van der Waals surface area contributed by atoms with Crippen LogP contribution in [0.5, 0.6) is 0 Å². The summed E-state index contributed by atoms with van der Waals surface area (Å²) in [4.78, 5) is 46.5. The predicted octanol–water partition coefficient (Wildman–Crippen LogP) is 1.88. The second-order valence-electron chi connectivity index (χ2n) is 7.02. The van der Waals surface area contributed by atoms with E-state index in [-0.39, 0.29) is 17.0 Å². The quantitative estimate of drug-likeness (QED) is 0.323. The number of hydrogen-bond donors (Lipinski definition) is 4. The van der Waals surface area contributed by atoms with E-state index in [4.69, 9.17) is 10.3 Å². The lowest BCUT2D eigenvalue weighted by Crippen LogP contribution is -2.24. The van der Waals surface area contributed by atoms with Crippen molar-refractivity contribution in [1.82, 2.24) is 24.7 Å². The Bertz CT molecular complexity index is 1430. The highest BCUT2D eigenvalue weighted by Gasteiger charge is 2.27. The normalized spacial score (nSPS) is 10.9. The lowest BCUT2D eigenvalue weighted by molar-refractivity contribution is 0.0695. The summed E-state index contributed by atoms with van der Waals surface area (Å²) in [6.45, 7) is 2.29. The summed E-state index contributed by atoms with van der Waals surface area (Å²) >= 11 is 0. The van der Waals surface area contributed by atoms with Crippen LogP contribution >= 0.6 is 0 Å². The summed E-state index contributed by atoms with van der Waals surface area (Å²) < 4.78 is 7.19. The number of carbonyl (C=O) groups is 2. The Morgan fingerprint density at radius 3 is 2.61 bits per heavy atom. The van der Waals surface area contributed by atoms with E-state index in [0.29, 0.717) is 18.0 Å². The van der Waals surface area contributed by atoms with Crippen LogP contribution in [-0.2, 0) is 13.0 Å². The van der Waals surface area contributed by atoms with Gasteiger partial charge in [-0.1, -0.05) is 30.3 Å². The zero-order chi connectivity index (χ0) is 23.7. The van der Waals surface area contributed by atoms with Crippen molar-refractivity contribution in [2.24, 2.45) is 0 Å². The Labute approximate surface area is 185 Å². The Morgan fingerprint density at radius 2 is 1.91 bits per heavy atom. The summed E-state index contributed by atoms with van der Waals surface area (Å²) in [5.41, 5.74) is 3.68. The van der Waals surface area contributed by atoms with Crippen LogP contribution in [-0.4, -0.2) is 46.8 Å². The van der Waals surface area contributed by atoms with Gasteiger partial charge in [0.25, 0.3) is 5.56 Å². The molecule has 0 saturated carbocycles. The van der Waals surface area contributed by atoms with Gasteiger partial charge in [0, 0.05) is 29.9 Å². The molecule has 0 saturated heterocycles. The molecule has 5 N–H and O–H groups in total. The van der Waals surface area contributed by atoms with E-state index in [2.05, 4.69) is 20.1 Å². The summed E-state index contributed by atoms with van der Waals surface area (Å²) in [6.07, 6.45) is 4.20. The minimum Gasteiger partial charge on any atom is -0.478 e. The van der Waals surface area contributed by atoms with Crippen LogP contribution in [0.4, 0.5) is 5.82 Å². The molecule has 12 heteroatoms. The molecule has 4 rings (SSSR count). The number of hydrogen-bond acceptors (Lipinski definition) is 8. The molecule has 0 amide bonds. The second-order valence-corrected chi connectivity index (χ2v) is 7.02. The number of H-pyrrole nitrogens is 1. The van der Waals surface area contributed by atoms with Crippen LogP contribution in [0, 0.1) is 0 Å². The number of nitrogen functional groups attached to an aromatic ring is 1. The number of aromatic amines is 1. The summed E-state index contributed by atoms with van der Waals surface area (Å²) in [6, 6.07) is 6.14. The molecule has 12 nitrogen and oxygen atoms in total. The molecular formula is C21H18N6O6. The van der Waals surface area contributed by atoms with Gasteiger partial charge in [0.1, 0.15) is 29.3 Å². The van der Waals surface area contributed by atoms with Gasteiger partial charge < -0.3 is 30.0 Å². The number of aromatic carboxylic acids is 2.